The molecule has 0 aliphatic carbocycles. The van der Waals surface area contributed by atoms with Crippen LogP contribution in [0.5, 0.6) is 0 Å². The van der Waals surface area contributed by atoms with Crippen LogP contribution in [0.25, 0.3) is 0 Å². The minimum absolute atomic E-state index is 0.127. The summed E-state index contributed by atoms with van der Waals surface area (Å²) >= 11 is 0. The van der Waals surface area contributed by atoms with E-state index in [9.17, 15) is 4.79 Å². The third-order valence-electron chi connectivity index (χ3n) is 3.48. The van der Waals surface area contributed by atoms with Crippen molar-refractivity contribution in [3.63, 3.8) is 0 Å². The van der Waals surface area contributed by atoms with Crippen LogP contribution in [0.4, 0.5) is 0 Å². The quantitative estimate of drug-likeness (QED) is 0.696. The van der Waals surface area contributed by atoms with Crippen LogP contribution in [0.3, 0.4) is 0 Å². The van der Waals surface area contributed by atoms with Crippen LogP contribution in [0.1, 0.15) is 39.5 Å². The standard InChI is InChI=1S/C11H19NO2/c1-8-3-4-10(13)12-9(8)5-6-11(2)7-14-11/h8-9H,3-7H2,1-2H3,(H,12,13). The molecule has 1 N–H and O–H groups in total. The van der Waals surface area contributed by atoms with E-state index in [1.165, 1.54) is 0 Å². The van der Waals surface area contributed by atoms with Gasteiger partial charge < -0.3 is 10.1 Å². The van der Waals surface area contributed by atoms with Crippen molar-refractivity contribution >= 4 is 5.91 Å². The summed E-state index contributed by atoms with van der Waals surface area (Å²) in [7, 11) is 0. The van der Waals surface area contributed by atoms with Gasteiger partial charge in [-0.3, -0.25) is 4.79 Å². The molecule has 0 bridgehead atoms. The van der Waals surface area contributed by atoms with E-state index in [4.69, 9.17) is 4.74 Å². The van der Waals surface area contributed by atoms with Gasteiger partial charge in [0.05, 0.1) is 12.2 Å². The maximum atomic E-state index is 11.2. The van der Waals surface area contributed by atoms with E-state index < -0.39 is 0 Å². The molecule has 80 valence electrons. The number of nitrogens with one attached hydrogen (secondary N) is 1. The largest absolute Gasteiger partial charge is 0.370 e. The molecule has 0 aromatic carbocycles. The number of ether oxygens (including phenoxy) is 1. The van der Waals surface area contributed by atoms with Crippen LogP contribution in [0.15, 0.2) is 0 Å². The van der Waals surface area contributed by atoms with Crippen molar-refractivity contribution in [2.24, 2.45) is 5.92 Å². The molecule has 2 aliphatic heterocycles. The predicted molar refractivity (Wildman–Crippen MR) is 53.9 cm³/mol. The van der Waals surface area contributed by atoms with Crippen molar-refractivity contribution in [2.45, 2.75) is 51.2 Å². The van der Waals surface area contributed by atoms with Crippen molar-refractivity contribution in [2.75, 3.05) is 6.61 Å². The number of hydrogen-bond acceptors (Lipinski definition) is 2. The molecule has 3 atom stereocenters. The molecule has 0 spiro atoms. The van der Waals surface area contributed by atoms with Crippen molar-refractivity contribution in [1.29, 1.82) is 0 Å². The van der Waals surface area contributed by atoms with Gasteiger partial charge in [-0.25, -0.2) is 0 Å². The second kappa shape index (κ2) is 3.54. The monoisotopic (exact) mass is 197 g/mol. The number of carbonyl (C=O) groups is 1. The molecule has 3 nitrogen and oxygen atoms in total. The number of hydrogen-bond donors (Lipinski definition) is 1. The third-order valence-corrected chi connectivity index (χ3v) is 3.48. The Morgan fingerprint density at radius 1 is 1.64 bits per heavy atom. The summed E-state index contributed by atoms with van der Waals surface area (Å²) in [6.45, 7) is 5.25. The van der Waals surface area contributed by atoms with Gasteiger partial charge in [-0.05, 0) is 32.1 Å². The highest BCUT2D eigenvalue weighted by molar-refractivity contribution is 5.77. The van der Waals surface area contributed by atoms with Crippen LogP contribution in [-0.4, -0.2) is 24.2 Å². The number of epoxide rings is 1. The lowest BCUT2D eigenvalue weighted by Crippen LogP contribution is -2.44. The first-order chi connectivity index (χ1) is 6.59. The first-order valence-electron chi connectivity index (χ1n) is 5.52. The van der Waals surface area contributed by atoms with Crippen molar-refractivity contribution in [3.05, 3.63) is 0 Å². The van der Waals surface area contributed by atoms with E-state index >= 15 is 0 Å². The van der Waals surface area contributed by atoms with Crippen LogP contribution < -0.4 is 5.32 Å². The fraction of sp³-hybridized carbons (Fsp3) is 0.909. The molecule has 0 aromatic rings. The number of carbonyl (C=O) groups excluding carboxylic acids is 1. The van der Waals surface area contributed by atoms with Crippen molar-refractivity contribution in [1.82, 2.24) is 5.32 Å². The molecule has 2 fully saturated rings. The smallest absolute Gasteiger partial charge is 0.220 e. The highest BCUT2D eigenvalue weighted by Gasteiger charge is 2.40. The third kappa shape index (κ3) is 2.27. The van der Waals surface area contributed by atoms with E-state index in [1.807, 2.05) is 0 Å². The van der Waals surface area contributed by atoms with Gasteiger partial charge in [-0.15, -0.1) is 0 Å². The Morgan fingerprint density at radius 2 is 2.36 bits per heavy atom. The molecule has 1 amide bonds. The van der Waals surface area contributed by atoms with Crippen molar-refractivity contribution < 1.29 is 9.53 Å². The zero-order chi connectivity index (χ0) is 10.2. The Bertz CT molecular complexity index is 235. The molecule has 3 heteroatoms. The molecule has 0 saturated carbocycles. The zero-order valence-corrected chi connectivity index (χ0v) is 9.01. The van der Waals surface area contributed by atoms with E-state index in [-0.39, 0.29) is 11.5 Å². The van der Waals surface area contributed by atoms with Gasteiger partial charge in [-0.2, -0.15) is 0 Å². The van der Waals surface area contributed by atoms with Crippen LogP contribution in [0.2, 0.25) is 0 Å². The molecule has 14 heavy (non-hydrogen) atoms. The highest BCUT2D eigenvalue weighted by Crippen LogP contribution is 2.33. The minimum Gasteiger partial charge on any atom is -0.370 e. The topological polar surface area (TPSA) is 41.6 Å². The molecular formula is C11H19NO2. The molecule has 2 rings (SSSR count). The summed E-state index contributed by atoms with van der Waals surface area (Å²) < 4.78 is 5.34. The van der Waals surface area contributed by atoms with E-state index in [2.05, 4.69) is 19.2 Å². The van der Waals surface area contributed by atoms with Gasteiger partial charge in [0.1, 0.15) is 0 Å². The molecule has 2 heterocycles. The van der Waals surface area contributed by atoms with Gasteiger partial charge in [0.2, 0.25) is 5.91 Å². The fourth-order valence-corrected chi connectivity index (χ4v) is 2.07. The van der Waals surface area contributed by atoms with E-state index in [1.54, 1.807) is 0 Å². The van der Waals surface area contributed by atoms with Gasteiger partial charge in [-0.1, -0.05) is 6.92 Å². The van der Waals surface area contributed by atoms with Crippen LogP contribution in [-0.2, 0) is 9.53 Å². The van der Waals surface area contributed by atoms with E-state index in [0.29, 0.717) is 18.4 Å². The first-order valence-corrected chi connectivity index (χ1v) is 5.52. The fourth-order valence-electron chi connectivity index (χ4n) is 2.07. The first kappa shape index (κ1) is 9.97. The minimum atomic E-state index is 0.127. The maximum Gasteiger partial charge on any atom is 0.220 e. The number of piperidine rings is 1. The number of amides is 1. The van der Waals surface area contributed by atoms with Gasteiger partial charge in [0.15, 0.2) is 0 Å². The summed E-state index contributed by atoms with van der Waals surface area (Å²) in [6.07, 6.45) is 3.87. The molecule has 3 unspecified atom stereocenters. The average molecular weight is 197 g/mol. The Morgan fingerprint density at radius 3 is 3.00 bits per heavy atom. The van der Waals surface area contributed by atoms with Crippen LogP contribution in [0, 0.1) is 5.92 Å². The Balaban J connectivity index is 1.80. The second-order valence-corrected chi connectivity index (χ2v) is 4.97. The second-order valence-electron chi connectivity index (χ2n) is 4.97. The molecular weight excluding hydrogens is 178 g/mol. The molecule has 0 aromatic heterocycles. The maximum absolute atomic E-state index is 11.2. The zero-order valence-electron chi connectivity index (χ0n) is 9.01. The van der Waals surface area contributed by atoms with Gasteiger partial charge in [0.25, 0.3) is 0 Å². The molecule has 2 aliphatic rings. The molecule has 2 saturated heterocycles. The van der Waals surface area contributed by atoms with Crippen LogP contribution >= 0.6 is 0 Å². The summed E-state index contributed by atoms with van der Waals surface area (Å²) in [6, 6.07) is 0.372. The predicted octanol–water partition coefficient (Wildman–Crippen LogP) is 1.47. The normalized spacial score (nSPS) is 42.0. The summed E-state index contributed by atoms with van der Waals surface area (Å²) in [5.74, 6) is 0.838. The Labute approximate surface area is 85.2 Å². The summed E-state index contributed by atoms with van der Waals surface area (Å²) in [5, 5.41) is 3.07. The lowest BCUT2D eigenvalue weighted by Gasteiger charge is -2.30. The van der Waals surface area contributed by atoms with Crippen molar-refractivity contribution in [3.8, 4) is 0 Å². The lowest BCUT2D eigenvalue weighted by molar-refractivity contribution is -0.124. The Hall–Kier alpha value is -0.570. The average Bonchev–Trinajstić information content (AvgIpc) is 2.87. The van der Waals surface area contributed by atoms with E-state index in [0.717, 1.165) is 25.9 Å². The summed E-state index contributed by atoms with van der Waals surface area (Å²) in [5.41, 5.74) is 0.127. The lowest BCUT2D eigenvalue weighted by atomic mass is 9.87. The van der Waals surface area contributed by atoms with Gasteiger partial charge in [0, 0.05) is 12.5 Å². The Kier molecular flexibility index (Phi) is 2.52. The molecule has 0 radical (unpaired) electrons. The number of rotatable bonds is 3. The van der Waals surface area contributed by atoms with Gasteiger partial charge >= 0.3 is 0 Å². The SMILES string of the molecule is CC1CCC(=O)NC1CCC1(C)CO1. The highest BCUT2D eigenvalue weighted by atomic mass is 16.6. The summed E-state index contributed by atoms with van der Waals surface area (Å²) in [4.78, 5) is 11.2.